The molecule has 144 valence electrons. The van der Waals surface area contributed by atoms with Crippen molar-refractivity contribution >= 4 is 11.6 Å². The van der Waals surface area contributed by atoms with Crippen LogP contribution in [0.3, 0.4) is 0 Å². The zero-order valence-electron chi connectivity index (χ0n) is 15.1. The first kappa shape index (κ1) is 19.2. The minimum Gasteiger partial charge on any atom is -0.366 e. The largest absolute Gasteiger partial charge is 0.366 e. The number of hydrogen-bond acceptors (Lipinski definition) is 3. The maximum absolute atomic E-state index is 13.9. The van der Waals surface area contributed by atoms with Gasteiger partial charge in [0.1, 0.15) is 5.82 Å². The van der Waals surface area contributed by atoms with E-state index in [0.29, 0.717) is 37.4 Å². The summed E-state index contributed by atoms with van der Waals surface area (Å²) in [5.41, 5.74) is 1.13. The quantitative estimate of drug-likeness (QED) is 0.870. The normalized spacial score (nSPS) is 15.7. The van der Waals surface area contributed by atoms with E-state index in [9.17, 15) is 18.0 Å². The number of hydrogen-bond donors (Lipinski definition) is 1. The van der Waals surface area contributed by atoms with Crippen LogP contribution in [0.2, 0.25) is 0 Å². The summed E-state index contributed by atoms with van der Waals surface area (Å²) in [6, 6.07) is 10.0. The van der Waals surface area contributed by atoms with Crippen LogP contribution in [0.4, 0.5) is 18.9 Å². The Hall–Kier alpha value is -2.54. The first-order valence-corrected chi connectivity index (χ1v) is 8.91. The van der Waals surface area contributed by atoms with Gasteiger partial charge in [-0.3, -0.25) is 4.79 Å². The Morgan fingerprint density at radius 1 is 1.00 bits per heavy atom. The first-order valence-electron chi connectivity index (χ1n) is 8.91. The predicted molar refractivity (Wildman–Crippen MR) is 98.0 cm³/mol. The molecule has 2 aromatic rings. The topological polar surface area (TPSA) is 35.6 Å². The van der Waals surface area contributed by atoms with Crippen molar-refractivity contribution in [2.24, 2.45) is 0 Å². The summed E-state index contributed by atoms with van der Waals surface area (Å²) >= 11 is 0. The van der Waals surface area contributed by atoms with Gasteiger partial charge in [-0.05, 0) is 36.8 Å². The van der Waals surface area contributed by atoms with E-state index in [4.69, 9.17) is 0 Å². The third-order valence-electron chi connectivity index (χ3n) is 4.83. The van der Waals surface area contributed by atoms with Gasteiger partial charge in [0.25, 0.3) is 0 Å². The Labute approximate surface area is 156 Å². The predicted octanol–water partition coefficient (Wildman–Crippen LogP) is 3.10. The van der Waals surface area contributed by atoms with Gasteiger partial charge < -0.3 is 15.1 Å². The Kier molecular flexibility index (Phi) is 6.01. The van der Waals surface area contributed by atoms with Crippen LogP contribution in [0.25, 0.3) is 0 Å². The van der Waals surface area contributed by atoms with E-state index >= 15 is 0 Å². The van der Waals surface area contributed by atoms with Crippen molar-refractivity contribution in [2.75, 3.05) is 37.6 Å². The van der Waals surface area contributed by atoms with E-state index in [1.165, 1.54) is 12.1 Å². The van der Waals surface area contributed by atoms with Gasteiger partial charge in [-0.1, -0.05) is 18.2 Å². The minimum absolute atomic E-state index is 0.0717. The monoisotopic (exact) mass is 377 g/mol. The van der Waals surface area contributed by atoms with Gasteiger partial charge in [-0.25, -0.2) is 13.2 Å². The number of benzene rings is 2. The molecule has 0 saturated carbocycles. The number of nitrogens with one attached hydrogen (secondary N) is 1. The Morgan fingerprint density at radius 3 is 2.37 bits per heavy atom. The van der Waals surface area contributed by atoms with Crippen LogP contribution in [0, 0.1) is 17.5 Å². The summed E-state index contributed by atoms with van der Waals surface area (Å²) in [5, 5.41) is 3.04. The molecular formula is C20H22F3N3O. The maximum atomic E-state index is 13.9. The number of halogens is 3. The van der Waals surface area contributed by atoms with Crippen LogP contribution >= 0.6 is 0 Å². The van der Waals surface area contributed by atoms with Crippen LogP contribution in [0.1, 0.15) is 18.5 Å². The lowest BCUT2D eigenvalue weighted by atomic mass is 10.1. The zero-order chi connectivity index (χ0) is 19.4. The summed E-state index contributed by atoms with van der Waals surface area (Å²) in [5.74, 6) is -2.14. The van der Waals surface area contributed by atoms with E-state index in [1.807, 2.05) is 4.90 Å². The number of para-hydroxylation sites is 1. The highest BCUT2D eigenvalue weighted by atomic mass is 19.2. The lowest BCUT2D eigenvalue weighted by Gasteiger charge is -2.36. The van der Waals surface area contributed by atoms with Crippen LogP contribution in [0.5, 0.6) is 0 Å². The van der Waals surface area contributed by atoms with E-state index in [1.54, 1.807) is 30.0 Å². The number of amides is 1. The molecule has 0 bridgehead atoms. The van der Waals surface area contributed by atoms with Gasteiger partial charge in [0.2, 0.25) is 5.91 Å². The van der Waals surface area contributed by atoms with Gasteiger partial charge in [0.05, 0.1) is 12.2 Å². The summed E-state index contributed by atoms with van der Waals surface area (Å²) < 4.78 is 40.2. The van der Waals surface area contributed by atoms with Gasteiger partial charge in [-0.2, -0.15) is 0 Å². The molecule has 1 aliphatic heterocycles. The van der Waals surface area contributed by atoms with Crippen molar-refractivity contribution < 1.29 is 18.0 Å². The third-order valence-corrected chi connectivity index (χ3v) is 4.83. The fourth-order valence-corrected chi connectivity index (χ4v) is 3.16. The molecule has 27 heavy (non-hydrogen) atoms. The molecule has 1 aliphatic rings. The van der Waals surface area contributed by atoms with Crippen molar-refractivity contribution in [3.05, 3.63) is 65.5 Å². The molecule has 7 heteroatoms. The summed E-state index contributed by atoms with van der Waals surface area (Å²) in [7, 11) is 0. The van der Waals surface area contributed by atoms with Gasteiger partial charge in [0.15, 0.2) is 11.6 Å². The molecule has 1 atom stereocenters. The molecule has 1 amide bonds. The lowest BCUT2D eigenvalue weighted by Crippen LogP contribution is -2.51. The summed E-state index contributed by atoms with van der Waals surface area (Å²) in [4.78, 5) is 16.1. The second-order valence-corrected chi connectivity index (χ2v) is 6.60. The van der Waals surface area contributed by atoms with Crippen LogP contribution in [-0.2, 0) is 4.79 Å². The Balaban J connectivity index is 1.49. The average molecular weight is 377 g/mol. The van der Waals surface area contributed by atoms with E-state index in [2.05, 4.69) is 5.32 Å². The van der Waals surface area contributed by atoms with Gasteiger partial charge >= 0.3 is 0 Å². The average Bonchev–Trinajstić information content (AvgIpc) is 2.68. The molecule has 1 fully saturated rings. The SMILES string of the molecule is C[C@@H](NCC(=O)N1CCN(c2ccccc2F)CC1)c1ccc(F)c(F)c1. The Bertz CT molecular complexity index is 807. The summed E-state index contributed by atoms with van der Waals surface area (Å²) in [6.45, 7) is 4.02. The highest BCUT2D eigenvalue weighted by molar-refractivity contribution is 5.78. The fourth-order valence-electron chi connectivity index (χ4n) is 3.16. The molecule has 0 unspecified atom stereocenters. The van der Waals surface area contributed by atoms with Crippen molar-refractivity contribution in [3.8, 4) is 0 Å². The molecule has 0 spiro atoms. The molecule has 0 aliphatic carbocycles. The van der Waals surface area contributed by atoms with Crippen LogP contribution in [0.15, 0.2) is 42.5 Å². The molecule has 0 radical (unpaired) electrons. The maximum Gasteiger partial charge on any atom is 0.236 e. The fraction of sp³-hybridized carbons (Fsp3) is 0.350. The highest BCUT2D eigenvalue weighted by Crippen LogP contribution is 2.20. The second-order valence-electron chi connectivity index (χ2n) is 6.60. The highest BCUT2D eigenvalue weighted by Gasteiger charge is 2.23. The van der Waals surface area contributed by atoms with Gasteiger partial charge in [-0.15, -0.1) is 0 Å². The molecule has 4 nitrogen and oxygen atoms in total. The second kappa shape index (κ2) is 8.43. The third kappa shape index (κ3) is 4.60. The molecule has 0 aromatic heterocycles. The molecule has 1 saturated heterocycles. The van der Waals surface area contributed by atoms with E-state index < -0.39 is 11.6 Å². The smallest absolute Gasteiger partial charge is 0.236 e. The summed E-state index contributed by atoms with van der Waals surface area (Å²) in [6.07, 6.45) is 0. The molecule has 1 N–H and O–H groups in total. The van der Waals surface area contributed by atoms with E-state index in [0.717, 1.165) is 12.1 Å². The van der Waals surface area contributed by atoms with Crippen LogP contribution in [-0.4, -0.2) is 43.5 Å². The molecule has 1 heterocycles. The number of carbonyl (C=O) groups excluding carboxylic acids is 1. The number of carbonyl (C=O) groups is 1. The van der Waals surface area contributed by atoms with Crippen molar-refractivity contribution in [1.29, 1.82) is 0 Å². The minimum atomic E-state index is -0.906. The van der Waals surface area contributed by atoms with Crippen molar-refractivity contribution in [3.63, 3.8) is 0 Å². The first-order chi connectivity index (χ1) is 13.0. The standard InChI is InChI=1S/C20H22F3N3O/c1-14(15-6-7-16(21)18(23)12-15)24-13-20(27)26-10-8-25(9-11-26)19-5-3-2-4-17(19)22/h2-7,12,14,24H,8-11,13H2,1H3/t14-/m1/s1. The lowest BCUT2D eigenvalue weighted by molar-refractivity contribution is -0.130. The number of rotatable bonds is 5. The number of nitrogens with zero attached hydrogens (tertiary/aromatic N) is 2. The van der Waals surface area contributed by atoms with Crippen molar-refractivity contribution in [1.82, 2.24) is 10.2 Å². The molecule has 3 rings (SSSR count). The number of piperazine rings is 1. The van der Waals surface area contributed by atoms with Gasteiger partial charge in [0, 0.05) is 32.2 Å². The van der Waals surface area contributed by atoms with Crippen LogP contribution < -0.4 is 10.2 Å². The molecule has 2 aromatic carbocycles. The molecular weight excluding hydrogens is 355 g/mol. The Morgan fingerprint density at radius 2 is 1.70 bits per heavy atom. The zero-order valence-corrected chi connectivity index (χ0v) is 15.1. The van der Waals surface area contributed by atoms with E-state index in [-0.39, 0.29) is 24.3 Å². The number of anilines is 1. The van der Waals surface area contributed by atoms with Crippen molar-refractivity contribution in [2.45, 2.75) is 13.0 Å².